The first-order valence-corrected chi connectivity index (χ1v) is 5.02. The van der Waals surface area contributed by atoms with Crippen LogP contribution in [0.5, 0.6) is 0 Å². The molecule has 0 bridgehead atoms. The van der Waals surface area contributed by atoms with Crippen molar-refractivity contribution in [2.75, 3.05) is 6.61 Å². The maximum atomic E-state index is 11.3. The van der Waals surface area contributed by atoms with Gasteiger partial charge in [0, 0.05) is 6.92 Å². The van der Waals surface area contributed by atoms with Crippen molar-refractivity contribution in [1.29, 1.82) is 0 Å². The highest BCUT2D eigenvalue weighted by molar-refractivity contribution is 7.91. The van der Waals surface area contributed by atoms with Crippen molar-refractivity contribution in [3.8, 4) is 0 Å². The Bertz CT molecular complexity index is 198. The van der Waals surface area contributed by atoms with Gasteiger partial charge in [-0.1, -0.05) is 4.40 Å². The zero-order valence-corrected chi connectivity index (χ0v) is 9.18. The van der Waals surface area contributed by atoms with E-state index in [1.807, 2.05) is 20.8 Å². The molecule has 13 heavy (non-hydrogen) atoms. The van der Waals surface area contributed by atoms with Crippen LogP contribution in [0.4, 0.5) is 0 Å². The van der Waals surface area contributed by atoms with E-state index >= 15 is 0 Å². The molecule has 0 spiro atoms. The molecule has 0 amide bonds. The molecule has 0 fully saturated rings. The van der Waals surface area contributed by atoms with Crippen LogP contribution in [-0.4, -0.2) is 28.1 Å². The van der Waals surface area contributed by atoms with Crippen molar-refractivity contribution in [2.45, 2.75) is 32.4 Å². The second-order valence-electron chi connectivity index (χ2n) is 3.45. The second-order valence-corrected chi connectivity index (χ2v) is 5.39. The molecule has 5 heteroatoms. The van der Waals surface area contributed by atoms with Gasteiger partial charge in [-0.15, -0.1) is 0 Å². The molecule has 0 radical (unpaired) electrons. The molecule has 0 rings (SSSR count). The number of rotatable bonds is 3. The Morgan fingerprint density at radius 3 is 2.54 bits per heavy atom. The van der Waals surface area contributed by atoms with E-state index in [1.54, 1.807) is 0 Å². The van der Waals surface area contributed by atoms with Crippen molar-refractivity contribution < 1.29 is 14.1 Å². The third-order valence-electron chi connectivity index (χ3n) is 1.06. The molecule has 1 atom stereocenters. The molecule has 0 aromatic heterocycles. The zero-order valence-electron chi connectivity index (χ0n) is 8.36. The summed E-state index contributed by atoms with van der Waals surface area (Å²) in [6.07, 6.45) is 1.35. The lowest BCUT2D eigenvalue weighted by molar-refractivity contribution is -0.139. The predicted molar refractivity (Wildman–Crippen MR) is 53.0 cm³/mol. The van der Waals surface area contributed by atoms with Gasteiger partial charge in [-0.2, -0.15) is 0 Å². The number of hydrogen-bond acceptors (Lipinski definition) is 4. The van der Waals surface area contributed by atoms with Crippen LogP contribution in [0, 0.1) is 0 Å². The Morgan fingerprint density at radius 2 is 2.15 bits per heavy atom. The third kappa shape index (κ3) is 6.60. The summed E-state index contributed by atoms with van der Waals surface area (Å²) in [6, 6.07) is 0. The Balaban J connectivity index is 3.79. The van der Waals surface area contributed by atoms with Gasteiger partial charge in [0.1, 0.15) is 22.7 Å². The Morgan fingerprint density at radius 1 is 1.62 bits per heavy atom. The summed E-state index contributed by atoms with van der Waals surface area (Å²) in [6.45, 7) is 6.87. The molecular formula is C8H15NO3S. The number of carbonyl (C=O) groups is 1. The lowest BCUT2D eigenvalue weighted by Gasteiger charge is -2.17. The summed E-state index contributed by atoms with van der Waals surface area (Å²) in [5.41, 5.74) is 0. The molecule has 0 N–H and O–H groups in total. The number of hydrogen-bond donors (Lipinski definition) is 0. The summed E-state index contributed by atoms with van der Waals surface area (Å²) < 4.78 is 19.2. The van der Waals surface area contributed by atoms with Crippen LogP contribution >= 0.6 is 0 Å². The van der Waals surface area contributed by atoms with Crippen molar-refractivity contribution in [3.63, 3.8) is 0 Å². The molecule has 0 aromatic rings. The summed E-state index contributed by atoms with van der Waals surface area (Å²) in [5, 5.41) is 0. The maximum absolute atomic E-state index is 11.3. The van der Waals surface area contributed by atoms with Crippen LogP contribution in [0.2, 0.25) is 0 Å². The Labute approximate surface area is 81.7 Å². The van der Waals surface area contributed by atoms with Gasteiger partial charge in [0.15, 0.2) is 0 Å². The molecule has 0 aliphatic rings. The van der Waals surface area contributed by atoms with Gasteiger partial charge in [0.05, 0.1) is 6.21 Å². The topological polar surface area (TPSA) is 61.7 Å². The molecule has 0 saturated heterocycles. The number of carbonyl (C=O) groups excluding carboxylic acids is 1. The lowest BCUT2D eigenvalue weighted by atomic mass is 10.3. The summed E-state index contributed by atoms with van der Waals surface area (Å²) in [5.74, 6) is -0.368. The Kier molecular flexibility index (Phi) is 5.02. The molecule has 0 saturated carbocycles. The fraction of sp³-hybridized carbons (Fsp3) is 0.750. The zero-order chi connectivity index (χ0) is 10.5. The van der Waals surface area contributed by atoms with Crippen LogP contribution < -0.4 is 0 Å². The maximum Gasteiger partial charge on any atom is 0.302 e. The highest BCUT2D eigenvalue weighted by Crippen LogP contribution is 2.16. The van der Waals surface area contributed by atoms with Gasteiger partial charge in [-0.25, -0.2) is 0 Å². The van der Waals surface area contributed by atoms with E-state index in [2.05, 4.69) is 9.13 Å². The van der Waals surface area contributed by atoms with Gasteiger partial charge in [0.25, 0.3) is 0 Å². The first kappa shape index (κ1) is 12.4. The molecule has 76 valence electrons. The lowest BCUT2D eigenvalue weighted by Crippen LogP contribution is -2.26. The number of esters is 1. The second kappa shape index (κ2) is 5.24. The monoisotopic (exact) mass is 205 g/mol. The van der Waals surface area contributed by atoms with E-state index in [9.17, 15) is 9.35 Å². The van der Waals surface area contributed by atoms with Crippen LogP contribution in [0.25, 0.3) is 0 Å². The SMILES string of the molecule is CC(=O)OCC=N[S+]([O-])C(C)(C)C. The first-order chi connectivity index (χ1) is 5.84. The standard InChI is InChI=1S/C8H15NO3S/c1-7(10)12-6-5-9-13(11)8(2,3)4/h5H,6H2,1-4H3. The molecule has 0 aliphatic heterocycles. The Hall–Kier alpha value is -0.550. The smallest absolute Gasteiger partial charge is 0.302 e. The average Bonchev–Trinajstić information content (AvgIpc) is 1.95. The van der Waals surface area contributed by atoms with Gasteiger partial charge in [-0.3, -0.25) is 4.79 Å². The van der Waals surface area contributed by atoms with Crippen molar-refractivity contribution in [3.05, 3.63) is 0 Å². The fourth-order valence-electron chi connectivity index (χ4n) is 0.411. The van der Waals surface area contributed by atoms with Gasteiger partial charge in [0.2, 0.25) is 0 Å². The van der Waals surface area contributed by atoms with Gasteiger partial charge in [-0.05, 0) is 20.8 Å². The molecule has 0 heterocycles. The summed E-state index contributed by atoms with van der Waals surface area (Å²) >= 11 is -1.27. The van der Waals surface area contributed by atoms with Gasteiger partial charge >= 0.3 is 5.97 Å². The molecule has 4 nitrogen and oxygen atoms in total. The number of nitrogens with zero attached hydrogens (tertiary/aromatic N) is 1. The van der Waals surface area contributed by atoms with Gasteiger partial charge < -0.3 is 9.29 Å². The van der Waals surface area contributed by atoms with Crippen molar-refractivity contribution in [2.24, 2.45) is 4.40 Å². The molecule has 0 aliphatic carbocycles. The van der Waals surface area contributed by atoms with E-state index in [0.717, 1.165) is 0 Å². The van der Waals surface area contributed by atoms with E-state index in [0.29, 0.717) is 0 Å². The molecular weight excluding hydrogens is 190 g/mol. The van der Waals surface area contributed by atoms with Crippen LogP contribution in [0.3, 0.4) is 0 Å². The van der Waals surface area contributed by atoms with Crippen molar-refractivity contribution in [1.82, 2.24) is 0 Å². The molecule has 0 aromatic carbocycles. The minimum atomic E-state index is -1.27. The predicted octanol–water partition coefficient (Wildman–Crippen LogP) is 1.08. The third-order valence-corrected chi connectivity index (χ3v) is 2.44. The van der Waals surface area contributed by atoms with E-state index in [-0.39, 0.29) is 17.3 Å². The van der Waals surface area contributed by atoms with Crippen molar-refractivity contribution >= 4 is 23.5 Å². The quantitative estimate of drug-likeness (QED) is 0.393. The highest BCUT2D eigenvalue weighted by Gasteiger charge is 2.25. The average molecular weight is 205 g/mol. The minimum Gasteiger partial charge on any atom is -0.591 e. The van der Waals surface area contributed by atoms with Crippen LogP contribution in [0.15, 0.2) is 4.40 Å². The summed E-state index contributed by atoms with van der Waals surface area (Å²) in [7, 11) is 0. The van der Waals surface area contributed by atoms with E-state index in [1.165, 1.54) is 13.1 Å². The van der Waals surface area contributed by atoms with E-state index < -0.39 is 11.4 Å². The highest BCUT2D eigenvalue weighted by atomic mass is 32.2. The largest absolute Gasteiger partial charge is 0.591 e. The molecule has 1 unspecified atom stereocenters. The van der Waals surface area contributed by atoms with Crippen LogP contribution in [-0.2, 0) is 20.9 Å². The van der Waals surface area contributed by atoms with E-state index in [4.69, 9.17) is 0 Å². The minimum absolute atomic E-state index is 0.0805. The fourth-order valence-corrected chi connectivity index (χ4v) is 0.923. The summed E-state index contributed by atoms with van der Waals surface area (Å²) in [4.78, 5) is 10.3. The normalized spacial score (nSPS) is 14.5. The first-order valence-electron chi connectivity index (χ1n) is 3.92. The number of ether oxygens (including phenoxy) is 1. The van der Waals surface area contributed by atoms with Crippen LogP contribution in [0.1, 0.15) is 27.7 Å².